The molecule has 0 N–H and O–H groups in total. The summed E-state index contributed by atoms with van der Waals surface area (Å²) in [4.78, 5) is 10.9. The molecule has 0 saturated carbocycles. The molecule has 0 fully saturated rings. The Morgan fingerprint density at radius 3 is 3.06 bits per heavy atom. The van der Waals surface area contributed by atoms with Gasteiger partial charge in [-0.3, -0.25) is 0 Å². The van der Waals surface area contributed by atoms with Gasteiger partial charge in [0.2, 0.25) is 0 Å². The number of ether oxygens (including phenoxy) is 1. The summed E-state index contributed by atoms with van der Waals surface area (Å²) in [6.45, 7) is 0. The zero-order valence-corrected chi connectivity index (χ0v) is 9.04. The average Bonchev–Trinajstić information content (AvgIpc) is 2.67. The summed E-state index contributed by atoms with van der Waals surface area (Å²) < 4.78 is 6.20. The van der Waals surface area contributed by atoms with Gasteiger partial charge in [0, 0.05) is 13.1 Å². The van der Waals surface area contributed by atoms with E-state index in [1.807, 2.05) is 25.2 Å². The van der Waals surface area contributed by atoms with E-state index in [1.54, 1.807) is 10.8 Å². The molecule has 2 rings (SSSR count). The Bertz CT molecular complexity index is 557. The van der Waals surface area contributed by atoms with Crippen LogP contribution in [0.25, 0.3) is 17.1 Å². The van der Waals surface area contributed by atoms with E-state index < -0.39 is 0 Å². The lowest BCUT2D eigenvalue weighted by molar-refractivity contribution is -0.134. The quantitative estimate of drug-likeness (QED) is 0.559. The Morgan fingerprint density at radius 1 is 1.50 bits per heavy atom. The summed E-state index contributed by atoms with van der Waals surface area (Å²) in [7, 11) is 3.18. The minimum atomic E-state index is -0.376. The van der Waals surface area contributed by atoms with E-state index in [1.165, 1.54) is 13.2 Å². The van der Waals surface area contributed by atoms with Crippen LogP contribution in [0.3, 0.4) is 0 Å². The lowest BCUT2D eigenvalue weighted by Gasteiger charge is -1.94. The molecule has 1 aromatic carbocycles. The molecule has 0 unspecified atom stereocenters. The van der Waals surface area contributed by atoms with Crippen molar-refractivity contribution in [1.29, 1.82) is 0 Å². The van der Waals surface area contributed by atoms with Crippen molar-refractivity contribution < 1.29 is 9.53 Å². The van der Waals surface area contributed by atoms with E-state index >= 15 is 0 Å². The number of carbonyl (C=O) groups excluding carboxylic acids is 1. The van der Waals surface area contributed by atoms with Crippen molar-refractivity contribution in [2.45, 2.75) is 0 Å². The summed E-state index contributed by atoms with van der Waals surface area (Å²) in [5.41, 5.74) is 2.64. The van der Waals surface area contributed by atoms with Crippen molar-refractivity contribution in [3.63, 3.8) is 0 Å². The molecule has 82 valence electrons. The van der Waals surface area contributed by atoms with Crippen LogP contribution in [0, 0.1) is 0 Å². The Balaban J connectivity index is 2.33. The number of benzene rings is 1. The van der Waals surface area contributed by atoms with E-state index in [2.05, 4.69) is 15.0 Å². The number of aryl methyl sites for hydroxylation is 1. The molecular formula is C11H11N3O2. The number of methoxy groups -OCH3 is 1. The van der Waals surface area contributed by atoms with Crippen LogP contribution in [0.2, 0.25) is 0 Å². The van der Waals surface area contributed by atoms with Gasteiger partial charge in [-0.05, 0) is 23.8 Å². The molecule has 0 bridgehead atoms. The first-order valence-corrected chi connectivity index (χ1v) is 4.76. The van der Waals surface area contributed by atoms with Gasteiger partial charge in [0.1, 0.15) is 5.52 Å². The maximum Gasteiger partial charge on any atom is 0.330 e. The number of hydrogen-bond acceptors (Lipinski definition) is 4. The Morgan fingerprint density at radius 2 is 2.31 bits per heavy atom. The second kappa shape index (κ2) is 4.14. The zero-order chi connectivity index (χ0) is 11.5. The highest BCUT2D eigenvalue weighted by atomic mass is 16.5. The van der Waals surface area contributed by atoms with E-state index in [0.29, 0.717) is 0 Å². The minimum Gasteiger partial charge on any atom is -0.466 e. The zero-order valence-electron chi connectivity index (χ0n) is 9.04. The third kappa shape index (κ3) is 1.93. The van der Waals surface area contributed by atoms with Gasteiger partial charge in [-0.2, -0.15) is 0 Å². The molecule has 0 atom stereocenters. The predicted octanol–water partition coefficient (Wildman–Crippen LogP) is 1.15. The number of nitrogens with zero attached hydrogens (tertiary/aromatic N) is 3. The second-order valence-electron chi connectivity index (χ2n) is 3.32. The van der Waals surface area contributed by atoms with Crippen molar-refractivity contribution in [3.05, 3.63) is 29.8 Å². The molecule has 0 aliphatic rings. The summed E-state index contributed by atoms with van der Waals surface area (Å²) in [5, 5.41) is 7.89. The van der Waals surface area contributed by atoms with Crippen LogP contribution < -0.4 is 0 Å². The molecule has 1 heterocycles. The van der Waals surface area contributed by atoms with Crippen molar-refractivity contribution in [2.75, 3.05) is 7.11 Å². The molecule has 0 aliphatic heterocycles. The number of carbonyl (C=O) groups is 1. The highest BCUT2D eigenvalue weighted by molar-refractivity contribution is 5.88. The second-order valence-corrected chi connectivity index (χ2v) is 3.32. The fraction of sp³-hybridized carbons (Fsp3) is 0.182. The SMILES string of the molecule is COC(=O)/C=C/c1ccc2c(c1)nnn2C. The topological polar surface area (TPSA) is 57.0 Å². The van der Waals surface area contributed by atoms with E-state index in [0.717, 1.165) is 16.6 Å². The van der Waals surface area contributed by atoms with Crippen LogP contribution in [-0.2, 0) is 16.6 Å². The summed E-state index contributed by atoms with van der Waals surface area (Å²) in [5.74, 6) is -0.376. The number of aromatic nitrogens is 3. The van der Waals surface area contributed by atoms with Gasteiger partial charge in [0.25, 0.3) is 0 Å². The highest BCUT2D eigenvalue weighted by Crippen LogP contribution is 2.13. The van der Waals surface area contributed by atoms with Crippen LogP contribution in [0.1, 0.15) is 5.56 Å². The highest BCUT2D eigenvalue weighted by Gasteiger charge is 2.00. The van der Waals surface area contributed by atoms with Gasteiger partial charge in [-0.25, -0.2) is 9.48 Å². The Kier molecular flexibility index (Phi) is 2.68. The first kappa shape index (κ1) is 10.4. The molecule has 5 heteroatoms. The van der Waals surface area contributed by atoms with Crippen LogP contribution in [0.5, 0.6) is 0 Å². The minimum absolute atomic E-state index is 0.376. The predicted molar refractivity (Wildman–Crippen MR) is 59.6 cm³/mol. The lowest BCUT2D eigenvalue weighted by atomic mass is 10.2. The van der Waals surface area contributed by atoms with E-state index in [4.69, 9.17) is 0 Å². The molecule has 0 spiro atoms. The molecule has 0 amide bonds. The van der Waals surface area contributed by atoms with Gasteiger partial charge in [-0.1, -0.05) is 11.3 Å². The van der Waals surface area contributed by atoms with E-state index in [-0.39, 0.29) is 5.97 Å². The van der Waals surface area contributed by atoms with Crippen LogP contribution in [-0.4, -0.2) is 28.1 Å². The molecule has 0 radical (unpaired) electrons. The fourth-order valence-electron chi connectivity index (χ4n) is 1.39. The molecular weight excluding hydrogens is 206 g/mol. The number of fused-ring (bicyclic) bond motifs is 1. The summed E-state index contributed by atoms with van der Waals surface area (Å²) in [6, 6.07) is 5.67. The molecule has 0 aliphatic carbocycles. The monoisotopic (exact) mass is 217 g/mol. The average molecular weight is 217 g/mol. The maximum atomic E-state index is 10.9. The fourth-order valence-corrected chi connectivity index (χ4v) is 1.39. The van der Waals surface area contributed by atoms with Gasteiger partial charge in [-0.15, -0.1) is 5.10 Å². The summed E-state index contributed by atoms with van der Waals surface area (Å²) in [6.07, 6.45) is 3.05. The first-order chi connectivity index (χ1) is 7.70. The smallest absolute Gasteiger partial charge is 0.330 e. The van der Waals surface area contributed by atoms with Gasteiger partial charge in [0.05, 0.1) is 12.6 Å². The van der Waals surface area contributed by atoms with E-state index in [9.17, 15) is 4.79 Å². The largest absolute Gasteiger partial charge is 0.466 e. The molecule has 1 aromatic heterocycles. The molecule has 5 nitrogen and oxygen atoms in total. The van der Waals surface area contributed by atoms with Crippen molar-refractivity contribution in [2.24, 2.45) is 7.05 Å². The van der Waals surface area contributed by atoms with Crippen LogP contribution in [0.15, 0.2) is 24.3 Å². The summed E-state index contributed by atoms with van der Waals surface area (Å²) >= 11 is 0. The van der Waals surface area contributed by atoms with Crippen molar-refractivity contribution in [1.82, 2.24) is 15.0 Å². The number of hydrogen-bond donors (Lipinski definition) is 0. The van der Waals surface area contributed by atoms with Crippen molar-refractivity contribution >= 4 is 23.1 Å². The molecule has 2 aromatic rings. The third-order valence-corrected chi connectivity index (χ3v) is 2.25. The maximum absolute atomic E-state index is 10.9. The first-order valence-electron chi connectivity index (χ1n) is 4.76. The number of rotatable bonds is 2. The van der Waals surface area contributed by atoms with Gasteiger partial charge >= 0.3 is 5.97 Å². The standard InChI is InChI=1S/C11H11N3O2/c1-14-10-5-3-8(4-6-11(15)16-2)7-9(10)12-13-14/h3-7H,1-2H3/b6-4+. The Hall–Kier alpha value is -2.17. The van der Waals surface area contributed by atoms with Crippen LogP contribution >= 0.6 is 0 Å². The van der Waals surface area contributed by atoms with Crippen LogP contribution in [0.4, 0.5) is 0 Å². The molecule has 16 heavy (non-hydrogen) atoms. The number of esters is 1. The third-order valence-electron chi connectivity index (χ3n) is 2.25. The van der Waals surface area contributed by atoms with Gasteiger partial charge < -0.3 is 4.74 Å². The molecule has 0 saturated heterocycles. The lowest BCUT2D eigenvalue weighted by Crippen LogP contribution is -1.93. The Labute approximate surface area is 92.3 Å². The van der Waals surface area contributed by atoms with Gasteiger partial charge in [0.15, 0.2) is 0 Å². The van der Waals surface area contributed by atoms with Crippen molar-refractivity contribution in [3.8, 4) is 0 Å². The normalized spacial score (nSPS) is 11.1.